The van der Waals surface area contributed by atoms with Gasteiger partial charge in [-0.05, 0) is 24.1 Å². The number of hydrogen-bond acceptors (Lipinski definition) is 4. The average Bonchev–Trinajstić information content (AvgIpc) is 2.79. The minimum absolute atomic E-state index is 0.316. The first-order chi connectivity index (χ1) is 8.60. The van der Waals surface area contributed by atoms with Crippen molar-refractivity contribution in [2.45, 2.75) is 19.1 Å². The number of carbonyl (C=O) groups is 1. The smallest absolute Gasteiger partial charge is 0.248 e. The summed E-state index contributed by atoms with van der Waals surface area (Å²) in [6, 6.07) is 5.23. The number of primary amides is 1. The fourth-order valence-electron chi connectivity index (χ4n) is 2.27. The van der Waals surface area contributed by atoms with E-state index in [4.69, 9.17) is 16.2 Å². The minimum atomic E-state index is -0.450. The van der Waals surface area contributed by atoms with Crippen LogP contribution in [-0.4, -0.2) is 37.1 Å². The van der Waals surface area contributed by atoms with Crippen LogP contribution >= 0.6 is 0 Å². The van der Waals surface area contributed by atoms with E-state index in [1.807, 2.05) is 6.07 Å². The van der Waals surface area contributed by atoms with E-state index in [0.29, 0.717) is 17.4 Å². The van der Waals surface area contributed by atoms with Crippen LogP contribution in [0.5, 0.6) is 0 Å². The molecule has 4 N–H and O–H groups in total. The second-order valence-corrected chi connectivity index (χ2v) is 4.66. The van der Waals surface area contributed by atoms with Crippen LogP contribution in [-0.2, 0) is 11.3 Å². The highest BCUT2D eigenvalue weighted by molar-refractivity contribution is 5.93. The molecule has 18 heavy (non-hydrogen) atoms. The molecule has 1 aromatic carbocycles. The Kier molecular flexibility index (Phi) is 3.84. The first-order valence-electron chi connectivity index (χ1n) is 6.03. The Hall–Kier alpha value is -1.59. The summed E-state index contributed by atoms with van der Waals surface area (Å²) in [5.74, 6) is -0.450. The van der Waals surface area contributed by atoms with Crippen molar-refractivity contribution in [3.63, 3.8) is 0 Å². The monoisotopic (exact) mass is 249 g/mol. The molecule has 0 saturated carbocycles. The van der Waals surface area contributed by atoms with Crippen LogP contribution < -0.4 is 11.5 Å². The van der Waals surface area contributed by atoms with Crippen LogP contribution in [0.2, 0.25) is 0 Å². The van der Waals surface area contributed by atoms with E-state index >= 15 is 0 Å². The van der Waals surface area contributed by atoms with Gasteiger partial charge in [0.2, 0.25) is 5.91 Å². The number of nitrogens with two attached hydrogens (primary N) is 2. The Morgan fingerprint density at radius 1 is 1.56 bits per heavy atom. The Morgan fingerprint density at radius 2 is 2.33 bits per heavy atom. The summed E-state index contributed by atoms with van der Waals surface area (Å²) in [5, 5.41) is 0. The van der Waals surface area contributed by atoms with E-state index < -0.39 is 5.91 Å². The lowest BCUT2D eigenvalue weighted by atomic mass is 10.1. The number of hydrogen-bond donors (Lipinski definition) is 2. The number of likely N-dealkylation sites (tertiary alicyclic amines) is 1. The number of anilines is 1. The van der Waals surface area contributed by atoms with Crippen molar-refractivity contribution in [2.75, 3.05) is 25.9 Å². The zero-order valence-corrected chi connectivity index (χ0v) is 10.6. The molecule has 1 aliphatic heterocycles. The SMILES string of the molecule is COC1CCN(Cc2ccc(C(N)=O)cc2N)C1. The molecule has 0 radical (unpaired) electrons. The topological polar surface area (TPSA) is 81.6 Å². The highest BCUT2D eigenvalue weighted by atomic mass is 16.5. The minimum Gasteiger partial charge on any atom is -0.398 e. The van der Waals surface area contributed by atoms with Gasteiger partial charge in [-0.3, -0.25) is 9.69 Å². The van der Waals surface area contributed by atoms with E-state index in [1.54, 1.807) is 19.2 Å². The molecule has 1 heterocycles. The average molecular weight is 249 g/mol. The van der Waals surface area contributed by atoms with Crippen LogP contribution in [0.3, 0.4) is 0 Å². The number of benzene rings is 1. The third-order valence-electron chi connectivity index (χ3n) is 3.39. The number of nitrogen functional groups attached to an aromatic ring is 1. The van der Waals surface area contributed by atoms with Gasteiger partial charge in [0.25, 0.3) is 0 Å². The zero-order chi connectivity index (χ0) is 13.1. The zero-order valence-electron chi connectivity index (χ0n) is 10.6. The molecule has 2 rings (SSSR count). The highest BCUT2D eigenvalue weighted by Gasteiger charge is 2.22. The first-order valence-corrected chi connectivity index (χ1v) is 6.03. The fourth-order valence-corrected chi connectivity index (χ4v) is 2.27. The van der Waals surface area contributed by atoms with Gasteiger partial charge in [0, 0.05) is 38.0 Å². The van der Waals surface area contributed by atoms with E-state index in [0.717, 1.165) is 31.6 Å². The molecule has 5 heteroatoms. The maximum Gasteiger partial charge on any atom is 0.248 e. The number of methoxy groups -OCH3 is 1. The van der Waals surface area contributed by atoms with E-state index in [1.165, 1.54) is 0 Å². The summed E-state index contributed by atoms with van der Waals surface area (Å²) >= 11 is 0. The van der Waals surface area contributed by atoms with Crippen molar-refractivity contribution in [2.24, 2.45) is 5.73 Å². The van der Waals surface area contributed by atoms with E-state index in [-0.39, 0.29) is 0 Å². The molecule has 1 unspecified atom stereocenters. The van der Waals surface area contributed by atoms with Crippen molar-refractivity contribution in [3.05, 3.63) is 29.3 Å². The van der Waals surface area contributed by atoms with Gasteiger partial charge in [-0.1, -0.05) is 6.07 Å². The molecule has 0 aliphatic carbocycles. The number of ether oxygens (including phenoxy) is 1. The van der Waals surface area contributed by atoms with Gasteiger partial charge in [0.15, 0.2) is 0 Å². The van der Waals surface area contributed by atoms with Gasteiger partial charge in [-0.25, -0.2) is 0 Å². The summed E-state index contributed by atoms with van der Waals surface area (Å²) in [6.45, 7) is 2.72. The standard InChI is InChI=1S/C13H19N3O2/c1-18-11-4-5-16(8-11)7-10-3-2-9(13(15)17)6-12(10)14/h2-3,6,11H,4-5,7-8,14H2,1H3,(H2,15,17). The molecule has 5 nitrogen and oxygen atoms in total. The van der Waals surface area contributed by atoms with Gasteiger partial charge in [-0.15, -0.1) is 0 Å². The Morgan fingerprint density at radius 3 is 2.89 bits per heavy atom. The lowest BCUT2D eigenvalue weighted by molar-refractivity contribution is 0.100. The van der Waals surface area contributed by atoms with Crippen LogP contribution in [0.25, 0.3) is 0 Å². The number of amides is 1. The second kappa shape index (κ2) is 5.37. The van der Waals surface area contributed by atoms with Crippen LogP contribution in [0.4, 0.5) is 5.69 Å². The molecule has 1 amide bonds. The first kappa shape index (κ1) is 12.9. The maximum absolute atomic E-state index is 11.0. The third kappa shape index (κ3) is 2.80. The molecule has 1 saturated heterocycles. The molecule has 1 aliphatic rings. The van der Waals surface area contributed by atoms with Crippen LogP contribution in [0.15, 0.2) is 18.2 Å². The van der Waals surface area contributed by atoms with Crippen molar-refractivity contribution in [1.82, 2.24) is 4.90 Å². The summed E-state index contributed by atoms with van der Waals surface area (Å²) in [7, 11) is 1.74. The van der Waals surface area contributed by atoms with E-state index in [2.05, 4.69) is 4.90 Å². The lowest BCUT2D eigenvalue weighted by Gasteiger charge is -2.17. The van der Waals surface area contributed by atoms with Crippen molar-refractivity contribution >= 4 is 11.6 Å². The fraction of sp³-hybridized carbons (Fsp3) is 0.462. The Labute approximate surface area is 107 Å². The Bertz CT molecular complexity index is 448. The van der Waals surface area contributed by atoms with Crippen molar-refractivity contribution < 1.29 is 9.53 Å². The molecular weight excluding hydrogens is 230 g/mol. The van der Waals surface area contributed by atoms with Gasteiger partial charge < -0.3 is 16.2 Å². The number of rotatable bonds is 4. The number of carbonyl (C=O) groups excluding carboxylic acids is 1. The van der Waals surface area contributed by atoms with Crippen LogP contribution in [0, 0.1) is 0 Å². The molecule has 1 aromatic rings. The van der Waals surface area contributed by atoms with E-state index in [9.17, 15) is 4.79 Å². The Balaban J connectivity index is 2.04. The summed E-state index contributed by atoms with van der Waals surface area (Å²) in [5.41, 5.74) is 13.2. The van der Waals surface area contributed by atoms with Crippen molar-refractivity contribution in [3.8, 4) is 0 Å². The quantitative estimate of drug-likeness (QED) is 0.765. The van der Waals surface area contributed by atoms with Crippen molar-refractivity contribution in [1.29, 1.82) is 0 Å². The predicted octanol–water partition coefficient (Wildman–Crippen LogP) is 0.588. The van der Waals surface area contributed by atoms with Gasteiger partial charge in [0.05, 0.1) is 6.10 Å². The largest absolute Gasteiger partial charge is 0.398 e. The molecule has 0 spiro atoms. The van der Waals surface area contributed by atoms with Gasteiger partial charge >= 0.3 is 0 Å². The lowest BCUT2D eigenvalue weighted by Crippen LogP contribution is -2.23. The second-order valence-electron chi connectivity index (χ2n) is 4.66. The summed E-state index contributed by atoms with van der Waals surface area (Å²) in [4.78, 5) is 13.3. The van der Waals surface area contributed by atoms with Gasteiger partial charge in [-0.2, -0.15) is 0 Å². The molecule has 0 bridgehead atoms. The maximum atomic E-state index is 11.0. The molecule has 1 fully saturated rings. The number of nitrogens with zero attached hydrogens (tertiary/aromatic N) is 1. The summed E-state index contributed by atoms with van der Waals surface area (Å²) < 4.78 is 5.33. The van der Waals surface area contributed by atoms with Crippen LogP contribution in [0.1, 0.15) is 22.3 Å². The van der Waals surface area contributed by atoms with Gasteiger partial charge in [0.1, 0.15) is 0 Å². The highest BCUT2D eigenvalue weighted by Crippen LogP contribution is 2.20. The normalized spacial score (nSPS) is 20.2. The molecule has 0 aromatic heterocycles. The molecule has 1 atom stereocenters. The predicted molar refractivity (Wildman–Crippen MR) is 70.1 cm³/mol. The molecular formula is C13H19N3O2. The third-order valence-corrected chi connectivity index (χ3v) is 3.39. The summed E-state index contributed by atoms with van der Waals surface area (Å²) in [6.07, 6.45) is 1.37. The molecule has 98 valence electrons.